The molecule has 0 aromatic heterocycles. The van der Waals surface area contributed by atoms with Crippen molar-refractivity contribution in [3.05, 3.63) is 0 Å². The van der Waals surface area contributed by atoms with E-state index in [2.05, 4.69) is 5.32 Å². The molecule has 0 aromatic rings. The Labute approximate surface area is 99.5 Å². The minimum absolute atomic E-state index is 0.317. The highest BCUT2D eigenvalue weighted by Gasteiger charge is 2.33. The van der Waals surface area contributed by atoms with Crippen LogP contribution in [0.1, 0.15) is 27.2 Å². The van der Waals surface area contributed by atoms with Crippen LogP contribution >= 0.6 is 0 Å². The monoisotopic (exact) mass is 245 g/mol. The largest absolute Gasteiger partial charge is 0.480 e. The third-order valence-corrected chi connectivity index (χ3v) is 2.16. The van der Waals surface area contributed by atoms with Crippen LogP contribution in [0.4, 0.5) is 0 Å². The summed E-state index contributed by atoms with van der Waals surface area (Å²) in [5.74, 6) is -2.57. The summed E-state index contributed by atoms with van der Waals surface area (Å²) in [5.41, 5.74) is 9.64. The summed E-state index contributed by atoms with van der Waals surface area (Å²) >= 11 is 0. The first-order valence-electron chi connectivity index (χ1n) is 5.12. The van der Waals surface area contributed by atoms with Gasteiger partial charge in [0.1, 0.15) is 6.04 Å². The molecule has 0 fully saturated rings. The molecule has 2 amide bonds. The van der Waals surface area contributed by atoms with Crippen molar-refractivity contribution in [2.75, 3.05) is 0 Å². The Morgan fingerprint density at radius 2 is 1.76 bits per heavy atom. The molecule has 0 heterocycles. The number of amides is 2. The van der Waals surface area contributed by atoms with Crippen LogP contribution in [0, 0.1) is 5.41 Å². The van der Waals surface area contributed by atoms with E-state index in [4.69, 9.17) is 16.6 Å². The maximum atomic E-state index is 11.5. The molecule has 2 atom stereocenters. The summed E-state index contributed by atoms with van der Waals surface area (Å²) in [4.78, 5) is 33.1. The van der Waals surface area contributed by atoms with E-state index in [1.807, 2.05) is 0 Å². The fraction of sp³-hybridized carbons (Fsp3) is 0.700. The molecule has 6 N–H and O–H groups in total. The molecule has 0 aliphatic heterocycles. The smallest absolute Gasteiger partial charge is 0.326 e. The molecule has 17 heavy (non-hydrogen) atoms. The Morgan fingerprint density at radius 1 is 1.29 bits per heavy atom. The van der Waals surface area contributed by atoms with Gasteiger partial charge in [-0.1, -0.05) is 20.8 Å². The van der Waals surface area contributed by atoms with E-state index in [-0.39, 0.29) is 6.42 Å². The quantitative estimate of drug-likeness (QED) is 0.482. The number of carbonyl (C=O) groups excluding carboxylic acids is 2. The Hall–Kier alpha value is -1.63. The molecule has 0 aromatic carbocycles. The van der Waals surface area contributed by atoms with Crippen molar-refractivity contribution in [2.45, 2.75) is 39.3 Å². The van der Waals surface area contributed by atoms with Crippen molar-refractivity contribution < 1.29 is 19.5 Å². The summed E-state index contributed by atoms with van der Waals surface area (Å²) in [6.45, 7) is 5.02. The first kappa shape index (κ1) is 15.4. The van der Waals surface area contributed by atoms with Crippen molar-refractivity contribution in [1.82, 2.24) is 5.32 Å². The number of hydrogen-bond donors (Lipinski definition) is 4. The van der Waals surface area contributed by atoms with Gasteiger partial charge in [0.05, 0.1) is 12.5 Å². The first-order chi connectivity index (χ1) is 7.55. The van der Waals surface area contributed by atoms with Gasteiger partial charge in [0.25, 0.3) is 0 Å². The van der Waals surface area contributed by atoms with Crippen LogP contribution in [-0.4, -0.2) is 35.0 Å². The molecule has 0 radical (unpaired) electrons. The summed E-state index contributed by atoms with van der Waals surface area (Å²) in [6.07, 6.45) is -0.317. The molecule has 0 aliphatic carbocycles. The lowest BCUT2D eigenvalue weighted by atomic mass is 9.86. The minimum Gasteiger partial charge on any atom is -0.480 e. The van der Waals surface area contributed by atoms with E-state index < -0.39 is 35.3 Å². The van der Waals surface area contributed by atoms with E-state index in [1.165, 1.54) is 0 Å². The van der Waals surface area contributed by atoms with Gasteiger partial charge in [-0.15, -0.1) is 0 Å². The number of aliphatic carboxylic acids is 1. The molecule has 0 spiro atoms. The molecular weight excluding hydrogens is 226 g/mol. The molecule has 0 rings (SSSR count). The number of carboxylic acid groups (broad SMARTS) is 1. The molecule has 0 saturated carbocycles. The van der Waals surface area contributed by atoms with Gasteiger partial charge in [0, 0.05) is 0 Å². The second-order valence-corrected chi connectivity index (χ2v) is 4.92. The molecule has 0 bridgehead atoms. The number of rotatable bonds is 5. The number of primary amides is 1. The van der Waals surface area contributed by atoms with Crippen LogP contribution in [0.5, 0.6) is 0 Å². The normalized spacial score (nSPS) is 14.8. The molecule has 0 aliphatic rings. The van der Waals surface area contributed by atoms with E-state index in [1.54, 1.807) is 20.8 Å². The summed E-state index contributed by atoms with van der Waals surface area (Å²) in [7, 11) is 0. The van der Waals surface area contributed by atoms with Gasteiger partial charge in [-0.05, 0) is 5.41 Å². The zero-order valence-corrected chi connectivity index (χ0v) is 10.2. The Kier molecular flexibility index (Phi) is 5.09. The first-order valence-corrected chi connectivity index (χ1v) is 5.12. The van der Waals surface area contributed by atoms with Gasteiger partial charge in [-0.2, -0.15) is 0 Å². The van der Waals surface area contributed by atoms with Gasteiger partial charge in [0.15, 0.2) is 0 Å². The van der Waals surface area contributed by atoms with Crippen molar-refractivity contribution in [2.24, 2.45) is 16.9 Å². The molecule has 98 valence electrons. The second kappa shape index (κ2) is 5.62. The number of nitrogens with one attached hydrogen (secondary N) is 1. The summed E-state index contributed by atoms with van der Waals surface area (Å²) in [6, 6.07) is -2.20. The number of hydrogen-bond acceptors (Lipinski definition) is 4. The molecule has 7 heteroatoms. The highest BCUT2D eigenvalue weighted by atomic mass is 16.4. The zero-order chi connectivity index (χ0) is 13.8. The fourth-order valence-electron chi connectivity index (χ4n) is 1.21. The van der Waals surface area contributed by atoms with E-state index in [0.717, 1.165) is 0 Å². The van der Waals surface area contributed by atoms with E-state index >= 15 is 0 Å². The predicted octanol–water partition coefficient (Wildman–Crippen LogP) is -1.20. The SMILES string of the molecule is CC(C)(C)[C@@H](NC(=O)C(N)CC(N)=O)C(=O)O. The van der Waals surface area contributed by atoms with Crippen LogP contribution in [-0.2, 0) is 14.4 Å². The van der Waals surface area contributed by atoms with Gasteiger partial charge in [-0.3, -0.25) is 9.59 Å². The zero-order valence-electron chi connectivity index (χ0n) is 10.2. The molecule has 0 saturated heterocycles. The average Bonchev–Trinajstić information content (AvgIpc) is 2.09. The molecular formula is C10H19N3O4. The van der Waals surface area contributed by atoms with Crippen LogP contribution in [0.3, 0.4) is 0 Å². The lowest BCUT2D eigenvalue weighted by Crippen LogP contribution is -2.54. The lowest BCUT2D eigenvalue weighted by Gasteiger charge is -2.28. The van der Waals surface area contributed by atoms with Crippen LogP contribution in [0.25, 0.3) is 0 Å². The highest BCUT2D eigenvalue weighted by molar-refractivity contribution is 5.90. The Morgan fingerprint density at radius 3 is 2.06 bits per heavy atom. The third kappa shape index (κ3) is 5.30. The minimum atomic E-state index is -1.16. The second-order valence-electron chi connectivity index (χ2n) is 4.92. The van der Waals surface area contributed by atoms with E-state index in [0.29, 0.717) is 0 Å². The summed E-state index contributed by atoms with van der Waals surface area (Å²) in [5, 5.41) is 11.3. The topological polar surface area (TPSA) is 136 Å². The Bertz CT molecular complexity index is 322. The van der Waals surface area contributed by atoms with Gasteiger partial charge < -0.3 is 21.9 Å². The molecule has 1 unspecified atom stereocenters. The van der Waals surface area contributed by atoms with Gasteiger partial charge in [0.2, 0.25) is 11.8 Å². The number of nitrogens with two attached hydrogens (primary N) is 2. The Balaban J connectivity index is 4.63. The van der Waals surface area contributed by atoms with Crippen molar-refractivity contribution >= 4 is 17.8 Å². The van der Waals surface area contributed by atoms with Crippen molar-refractivity contribution in [3.8, 4) is 0 Å². The van der Waals surface area contributed by atoms with E-state index in [9.17, 15) is 14.4 Å². The fourth-order valence-corrected chi connectivity index (χ4v) is 1.21. The standard InChI is InChI=1S/C10H19N3O4/c1-10(2,3)7(9(16)17)13-8(15)5(11)4-6(12)14/h5,7H,4,11H2,1-3H3,(H2,12,14)(H,13,15)(H,16,17)/t5?,7-/m0/s1. The van der Waals surface area contributed by atoms with Crippen LogP contribution < -0.4 is 16.8 Å². The van der Waals surface area contributed by atoms with Crippen molar-refractivity contribution in [1.29, 1.82) is 0 Å². The van der Waals surface area contributed by atoms with Gasteiger partial charge >= 0.3 is 5.97 Å². The average molecular weight is 245 g/mol. The van der Waals surface area contributed by atoms with Crippen LogP contribution in [0.15, 0.2) is 0 Å². The van der Waals surface area contributed by atoms with Crippen molar-refractivity contribution in [3.63, 3.8) is 0 Å². The number of carboxylic acids is 1. The maximum absolute atomic E-state index is 11.5. The highest BCUT2D eigenvalue weighted by Crippen LogP contribution is 2.19. The number of carbonyl (C=O) groups is 3. The molecule has 7 nitrogen and oxygen atoms in total. The van der Waals surface area contributed by atoms with Gasteiger partial charge in [-0.25, -0.2) is 4.79 Å². The lowest BCUT2D eigenvalue weighted by molar-refractivity contribution is -0.145. The van der Waals surface area contributed by atoms with Crippen LogP contribution in [0.2, 0.25) is 0 Å². The maximum Gasteiger partial charge on any atom is 0.326 e. The summed E-state index contributed by atoms with van der Waals surface area (Å²) < 4.78 is 0. The predicted molar refractivity (Wildman–Crippen MR) is 60.8 cm³/mol. The third-order valence-electron chi connectivity index (χ3n) is 2.16.